The fourth-order valence-electron chi connectivity index (χ4n) is 1.94. The number of thiazole rings is 1. The van der Waals surface area contributed by atoms with Crippen LogP contribution in [-0.4, -0.2) is 48.9 Å². The minimum atomic E-state index is -0.353. The van der Waals surface area contributed by atoms with Crippen molar-refractivity contribution in [3.8, 4) is 0 Å². The number of nitrogens with zero attached hydrogens (tertiary/aromatic N) is 2. The standard InChI is InChI=1S/C16H19ClN4O2S/c1-10-13(15(23)18-8-9-21(2)3)24-16(19-10)20-14(22)11-6-4-5-7-12(11)17/h4-7H,8-9H2,1-3H3,(H,18,23)(H,19,20,22). The molecule has 0 aliphatic heterocycles. The predicted molar refractivity (Wildman–Crippen MR) is 97.1 cm³/mol. The van der Waals surface area contributed by atoms with Gasteiger partial charge in [0.2, 0.25) is 0 Å². The van der Waals surface area contributed by atoms with Gasteiger partial charge in [0, 0.05) is 13.1 Å². The third kappa shape index (κ3) is 4.77. The molecule has 2 amide bonds. The zero-order valence-electron chi connectivity index (χ0n) is 13.7. The summed E-state index contributed by atoms with van der Waals surface area (Å²) in [7, 11) is 3.87. The van der Waals surface area contributed by atoms with Gasteiger partial charge in [-0.2, -0.15) is 0 Å². The lowest BCUT2D eigenvalue weighted by atomic mass is 10.2. The fourth-order valence-corrected chi connectivity index (χ4v) is 3.04. The van der Waals surface area contributed by atoms with Crippen molar-refractivity contribution in [3.63, 3.8) is 0 Å². The Bertz CT molecular complexity index is 745. The van der Waals surface area contributed by atoms with Crippen LogP contribution in [-0.2, 0) is 0 Å². The van der Waals surface area contributed by atoms with Gasteiger partial charge >= 0.3 is 0 Å². The Kier molecular flexibility index (Phi) is 6.30. The Morgan fingerprint density at radius 3 is 2.62 bits per heavy atom. The van der Waals surface area contributed by atoms with Gasteiger partial charge in [0.15, 0.2) is 5.13 Å². The maximum Gasteiger partial charge on any atom is 0.263 e. The van der Waals surface area contributed by atoms with Crippen molar-refractivity contribution < 1.29 is 9.59 Å². The molecule has 8 heteroatoms. The van der Waals surface area contributed by atoms with E-state index in [9.17, 15) is 9.59 Å². The second-order valence-electron chi connectivity index (χ2n) is 5.43. The Morgan fingerprint density at radius 2 is 1.96 bits per heavy atom. The monoisotopic (exact) mass is 366 g/mol. The molecule has 1 aromatic carbocycles. The molecular weight excluding hydrogens is 348 g/mol. The SMILES string of the molecule is Cc1nc(NC(=O)c2ccccc2Cl)sc1C(=O)NCCN(C)C. The molecule has 0 bridgehead atoms. The highest BCUT2D eigenvalue weighted by molar-refractivity contribution is 7.17. The fraction of sp³-hybridized carbons (Fsp3) is 0.312. The number of carbonyl (C=O) groups excluding carboxylic acids is 2. The Labute approximate surface area is 149 Å². The molecule has 0 fully saturated rings. The zero-order valence-corrected chi connectivity index (χ0v) is 15.3. The third-order valence-electron chi connectivity index (χ3n) is 3.19. The summed E-state index contributed by atoms with van der Waals surface area (Å²) in [6.07, 6.45) is 0. The van der Waals surface area contributed by atoms with E-state index in [4.69, 9.17) is 11.6 Å². The summed E-state index contributed by atoms with van der Waals surface area (Å²) >= 11 is 7.15. The third-order valence-corrected chi connectivity index (χ3v) is 4.59. The first-order valence-corrected chi connectivity index (χ1v) is 8.54. The van der Waals surface area contributed by atoms with Gasteiger partial charge in [-0.1, -0.05) is 35.1 Å². The molecule has 1 aromatic heterocycles. The highest BCUT2D eigenvalue weighted by atomic mass is 35.5. The van der Waals surface area contributed by atoms with E-state index in [0.29, 0.717) is 32.8 Å². The average Bonchev–Trinajstić information content (AvgIpc) is 2.87. The predicted octanol–water partition coefficient (Wildman–Crippen LogP) is 2.65. The van der Waals surface area contributed by atoms with Crippen molar-refractivity contribution in [1.29, 1.82) is 0 Å². The maximum absolute atomic E-state index is 12.2. The molecule has 0 spiro atoms. The summed E-state index contributed by atoms with van der Waals surface area (Å²) in [4.78, 5) is 31.1. The highest BCUT2D eigenvalue weighted by Crippen LogP contribution is 2.24. The molecule has 2 rings (SSSR count). The molecule has 0 unspecified atom stereocenters. The van der Waals surface area contributed by atoms with Crippen LogP contribution in [0.4, 0.5) is 5.13 Å². The molecule has 128 valence electrons. The number of hydrogen-bond donors (Lipinski definition) is 2. The number of hydrogen-bond acceptors (Lipinski definition) is 5. The number of rotatable bonds is 6. The van der Waals surface area contributed by atoms with Crippen molar-refractivity contribution in [2.24, 2.45) is 0 Å². The number of likely N-dealkylation sites (N-methyl/N-ethyl adjacent to an activating group) is 1. The van der Waals surface area contributed by atoms with Crippen LogP contribution in [0, 0.1) is 6.92 Å². The van der Waals surface area contributed by atoms with Crippen molar-refractivity contribution in [2.45, 2.75) is 6.92 Å². The molecule has 0 aliphatic carbocycles. The van der Waals surface area contributed by atoms with Gasteiger partial charge in [0.05, 0.1) is 16.3 Å². The van der Waals surface area contributed by atoms with E-state index >= 15 is 0 Å². The number of nitrogens with one attached hydrogen (secondary N) is 2. The Morgan fingerprint density at radius 1 is 1.25 bits per heavy atom. The van der Waals surface area contributed by atoms with E-state index < -0.39 is 0 Å². The maximum atomic E-state index is 12.2. The van der Waals surface area contributed by atoms with Gasteiger partial charge < -0.3 is 10.2 Å². The molecule has 24 heavy (non-hydrogen) atoms. The number of anilines is 1. The first-order valence-electron chi connectivity index (χ1n) is 7.34. The van der Waals surface area contributed by atoms with Crippen LogP contribution in [0.5, 0.6) is 0 Å². The minimum Gasteiger partial charge on any atom is -0.350 e. The van der Waals surface area contributed by atoms with Gasteiger partial charge in [-0.15, -0.1) is 0 Å². The second kappa shape index (κ2) is 8.23. The van der Waals surface area contributed by atoms with Crippen LogP contribution >= 0.6 is 22.9 Å². The number of amides is 2. The van der Waals surface area contributed by atoms with Crippen LogP contribution in [0.2, 0.25) is 5.02 Å². The van der Waals surface area contributed by atoms with Crippen LogP contribution in [0.3, 0.4) is 0 Å². The first kappa shape index (κ1) is 18.4. The van der Waals surface area contributed by atoms with Crippen molar-refractivity contribution >= 4 is 39.9 Å². The summed E-state index contributed by atoms with van der Waals surface area (Å²) in [6, 6.07) is 6.76. The van der Waals surface area contributed by atoms with Crippen molar-refractivity contribution in [1.82, 2.24) is 15.2 Å². The molecule has 1 heterocycles. The lowest BCUT2D eigenvalue weighted by molar-refractivity contribution is 0.0953. The largest absolute Gasteiger partial charge is 0.350 e. The molecule has 0 saturated heterocycles. The van der Waals surface area contributed by atoms with E-state index in [1.54, 1.807) is 31.2 Å². The van der Waals surface area contributed by atoms with Crippen LogP contribution in [0.1, 0.15) is 25.7 Å². The smallest absolute Gasteiger partial charge is 0.263 e. The van der Waals surface area contributed by atoms with E-state index in [-0.39, 0.29) is 11.8 Å². The van der Waals surface area contributed by atoms with E-state index in [1.807, 2.05) is 19.0 Å². The number of aryl methyl sites for hydroxylation is 1. The summed E-state index contributed by atoms with van der Waals surface area (Å²) in [5.74, 6) is -0.543. The number of carbonyl (C=O) groups is 2. The van der Waals surface area contributed by atoms with E-state index in [2.05, 4.69) is 15.6 Å². The number of halogens is 1. The molecule has 2 N–H and O–H groups in total. The molecular formula is C16H19ClN4O2S. The van der Waals surface area contributed by atoms with Gasteiger partial charge in [-0.3, -0.25) is 14.9 Å². The van der Waals surface area contributed by atoms with Gasteiger partial charge in [-0.25, -0.2) is 4.98 Å². The zero-order chi connectivity index (χ0) is 17.7. The first-order chi connectivity index (χ1) is 11.4. The van der Waals surface area contributed by atoms with E-state index in [1.165, 1.54) is 0 Å². The van der Waals surface area contributed by atoms with Crippen LogP contribution in [0.15, 0.2) is 24.3 Å². The average molecular weight is 367 g/mol. The lowest BCUT2D eigenvalue weighted by Gasteiger charge is -2.09. The topological polar surface area (TPSA) is 74.3 Å². The molecule has 0 aliphatic rings. The Balaban J connectivity index is 2.04. The molecule has 6 nitrogen and oxygen atoms in total. The minimum absolute atomic E-state index is 0.190. The summed E-state index contributed by atoms with van der Waals surface area (Å²) < 4.78 is 0. The summed E-state index contributed by atoms with van der Waals surface area (Å²) in [5, 5.41) is 6.26. The van der Waals surface area contributed by atoms with E-state index in [0.717, 1.165) is 17.9 Å². The summed E-state index contributed by atoms with van der Waals surface area (Å²) in [5.41, 5.74) is 0.945. The molecule has 0 atom stereocenters. The Hall–Kier alpha value is -1.96. The number of aromatic nitrogens is 1. The quantitative estimate of drug-likeness (QED) is 0.824. The number of benzene rings is 1. The normalized spacial score (nSPS) is 10.7. The highest BCUT2D eigenvalue weighted by Gasteiger charge is 2.17. The van der Waals surface area contributed by atoms with Gasteiger partial charge in [-0.05, 0) is 33.2 Å². The van der Waals surface area contributed by atoms with Gasteiger partial charge in [0.1, 0.15) is 4.88 Å². The lowest BCUT2D eigenvalue weighted by Crippen LogP contribution is -2.31. The van der Waals surface area contributed by atoms with Crippen LogP contribution < -0.4 is 10.6 Å². The van der Waals surface area contributed by atoms with Crippen molar-refractivity contribution in [3.05, 3.63) is 45.4 Å². The second-order valence-corrected chi connectivity index (χ2v) is 6.83. The molecule has 0 saturated carbocycles. The van der Waals surface area contributed by atoms with Gasteiger partial charge in [0.25, 0.3) is 11.8 Å². The molecule has 0 radical (unpaired) electrons. The molecule has 2 aromatic rings. The summed E-state index contributed by atoms with van der Waals surface area (Å²) in [6.45, 7) is 3.03. The van der Waals surface area contributed by atoms with Crippen molar-refractivity contribution in [2.75, 3.05) is 32.5 Å². The van der Waals surface area contributed by atoms with Crippen LogP contribution in [0.25, 0.3) is 0 Å².